The summed E-state index contributed by atoms with van der Waals surface area (Å²) in [5.41, 5.74) is 0.806. The van der Waals surface area contributed by atoms with Crippen molar-refractivity contribution in [1.29, 1.82) is 0 Å². The minimum absolute atomic E-state index is 0. The molecule has 7 nitrogen and oxygen atoms in total. The fourth-order valence-corrected chi connectivity index (χ4v) is 4.38. The molecule has 1 aliphatic heterocycles. The molecule has 1 heterocycles. The van der Waals surface area contributed by atoms with Crippen LogP contribution in [0.1, 0.15) is 31.7 Å². The number of nitrogens with one attached hydrogen (secondary N) is 2. The van der Waals surface area contributed by atoms with Gasteiger partial charge in [-0.2, -0.15) is 0 Å². The molecule has 0 unspecified atom stereocenters. The number of nitrogens with zero attached hydrogens (tertiary/aromatic N) is 2. The number of guanidine groups is 1. The number of halogens is 1. The summed E-state index contributed by atoms with van der Waals surface area (Å²) in [6.07, 6.45) is 2.61. The lowest BCUT2D eigenvalue weighted by Crippen LogP contribution is -2.39. The molecule has 1 saturated heterocycles. The SMILES string of the molecule is CCNC(=NCC(=O)N1CCCC1)NCCCS(=O)(=O)Cc1ccccc1.I. The monoisotopic (exact) mass is 522 g/mol. The number of likely N-dealkylation sites (tertiary alicyclic amines) is 1. The first-order valence-corrected chi connectivity index (χ1v) is 11.4. The van der Waals surface area contributed by atoms with E-state index in [1.807, 2.05) is 42.2 Å². The van der Waals surface area contributed by atoms with Crippen LogP contribution in [-0.2, 0) is 20.4 Å². The van der Waals surface area contributed by atoms with Gasteiger partial charge in [0, 0.05) is 26.2 Å². The molecule has 0 spiro atoms. The average molecular weight is 522 g/mol. The van der Waals surface area contributed by atoms with E-state index in [1.165, 1.54) is 0 Å². The van der Waals surface area contributed by atoms with Crippen LogP contribution in [-0.4, -0.2) is 63.7 Å². The second-order valence-corrected chi connectivity index (χ2v) is 8.83. The predicted octanol–water partition coefficient (Wildman–Crippen LogP) is 1.79. The molecule has 1 aromatic carbocycles. The molecule has 0 saturated carbocycles. The molecule has 158 valence electrons. The minimum atomic E-state index is -3.14. The molecule has 2 N–H and O–H groups in total. The summed E-state index contributed by atoms with van der Waals surface area (Å²) >= 11 is 0. The van der Waals surface area contributed by atoms with Crippen LogP contribution < -0.4 is 10.6 Å². The van der Waals surface area contributed by atoms with Gasteiger partial charge in [0.25, 0.3) is 0 Å². The first-order chi connectivity index (χ1) is 13.0. The van der Waals surface area contributed by atoms with Crippen LogP contribution in [0.2, 0.25) is 0 Å². The first-order valence-electron chi connectivity index (χ1n) is 9.54. The summed E-state index contributed by atoms with van der Waals surface area (Å²) in [7, 11) is -3.14. The standard InChI is InChI=1S/C19H30N4O3S.HI/c1-2-20-19(22-15-18(24)23-12-6-7-13-23)21-11-8-14-27(25,26)16-17-9-4-3-5-10-17;/h3-5,9-10H,2,6-8,11-16H2,1H3,(H2,20,21,22);1H. The van der Waals surface area contributed by atoms with Gasteiger partial charge in [0.05, 0.1) is 11.5 Å². The van der Waals surface area contributed by atoms with Gasteiger partial charge in [0.2, 0.25) is 5.91 Å². The number of carbonyl (C=O) groups is 1. The average Bonchev–Trinajstić information content (AvgIpc) is 3.18. The van der Waals surface area contributed by atoms with E-state index in [1.54, 1.807) is 0 Å². The van der Waals surface area contributed by atoms with Crippen LogP contribution in [0.4, 0.5) is 0 Å². The summed E-state index contributed by atoms with van der Waals surface area (Å²) < 4.78 is 24.4. The van der Waals surface area contributed by atoms with Gasteiger partial charge >= 0.3 is 0 Å². The number of benzene rings is 1. The minimum Gasteiger partial charge on any atom is -0.357 e. The number of rotatable bonds is 9. The Kier molecular flexibility index (Phi) is 11.4. The van der Waals surface area contributed by atoms with Gasteiger partial charge in [0.1, 0.15) is 6.54 Å². The highest BCUT2D eigenvalue weighted by Gasteiger charge is 2.17. The fraction of sp³-hybridized carbons (Fsp3) is 0.579. The van der Waals surface area contributed by atoms with Crippen molar-refractivity contribution in [2.24, 2.45) is 4.99 Å². The van der Waals surface area contributed by atoms with Crippen molar-refractivity contribution in [2.75, 3.05) is 38.5 Å². The van der Waals surface area contributed by atoms with E-state index in [2.05, 4.69) is 15.6 Å². The zero-order valence-electron chi connectivity index (χ0n) is 16.4. The molecule has 1 amide bonds. The third-order valence-electron chi connectivity index (χ3n) is 4.33. The van der Waals surface area contributed by atoms with E-state index in [4.69, 9.17) is 0 Å². The third kappa shape index (κ3) is 9.22. The molecule has 1 fully saturated rings. The van der Waals surface area contributed by atoms with E-state index in [9.17, 15) is 13.2 Å². The molecule has 2 rings (SSSR count). The molecule has 1 aliphatic rings. The number of aliphatic imine (C=N–C) groups is 1. The van der Waals surface area contributed by atoms with Crippen LogP contribution in [0.15, 0.2) is 35.3 Å². The lowest BCUT2D eigenvalue weighted by molar-refractivity contribution is -0.128. The van der Waals surface area contributed by atoms with Crippen molar-refractivity contribution in [3.8, 4) is 0 Å². The Morgan fingerprint density at radius 2 is 1.82 bits per heavy atom. The van der Waals surface area contributed by atoms with Gasteiger partial charge in [-0.05, 0) is 31.7 Å². The van der Waals surface area contributed by atoms with Crippen LogP contribution in [0.5, 0.6) is 0 Å². The maximum atomic E-state index is 12.2. The summed E-state index contributed by atoms with van der Waals surface area (Å²) in [5.74, 6) is 0.758. The van der Waals surface area contributed by atoms with Crippen LogP contribution in [0.3, 0.4) is 0 Å². The Labute approximate surface area is 185 Å². The molecule has 1 aromatic rings. The van der Waals surface area contributed by atoms with Crippen LogP contribution >= 0.6 is 24.0 Å². The van der Waals surface area contributed by atoms with E-state index in [0.29, 0.717) is 25.5 Å². The topological polar surface area (TPSA) is 90.9 Å². The molecule has 0 aromatic heterocycles. The highest BCUT2D eigenvalue weighted by atomic mass is 127. The van der Waals surface area contributed by atoms with Gasteiger partial charge in [-0.1, -0.05) is 30.3 Å². The second kappa shape index (κ2) is 13.0. The molecule has 0 aliphatic carbocycles. The quantitative estimate of drug-likeness (QED) is 0.224. The van der Waals surface area contributed by atoms with Gasteiger partial charge < -0.3 is 15.5 Å². The molecular formula is C19H31IN4O3S. The smallest absolute Gasteiger partial charge is 0.244 e. The Bertz CT molecular complexity index is 720. The van der Waals surface area contributed by atoms with Crippen LogP contribution in [0.25, 0.3) is 0 Å². The fourth-order valence-electron chi connectivity index (χ4n) is 2.95. The van der Waals surface area contributed by atoms with Crippen molar-refractivity contribution < 1.29 is 13.2 Å². The Balaban J connectivity index is 0.00000392. The summed E-state index contributed by atoms with van der Waals surface area (Å²) in [5, 5.41) is 6.19. The molecule has 9 heteroatoms. The lowest BCUT2D eigenvalue weighted by Gasteiger charge is -2.15. The Hall–Kier alpha value is -1.36. The number of hydrogen-bond donors (Lipinski definition) is 2. The van der Waals surface area contributed by atoms with E-state index >= 15 is 0 Å². The maximum Gasteiger partial charge on any atom is 0.244 e. The van der Waals surface area contributed by atoms with Crippen molar-refractivity contribution in [3.63, 3.8) is 0 Å². The van der Waals surface area contributed by atoms with Gasteiger partial charge in [-0.3, -0.25) is 4.79 Å². The first kappa shape index (κ1) is 24.7. The van der Waals surface area contributed by atoms with Crippen molar-refractivity contribution >= 4 is 45.7 Å². The summed E-state index contributed by atoms with van der Waals surface area (Å²) in [4.78, 5) is 18.2. The number of carbonyl (C=O) groups excluding carboxylic acids is 1. The van der Waals surface area contributed by atoms with E-state index in [-0.39, 0.29) is 47.9 Å². The van der Waals surface area contributed by atoms with Gasteiger partial charge in [-0.25, -0.2) is 13.4 Å². The maximum absolute atomic E-state index is 12.2. The molecular weight excluding hydrogens is 491 g/mol. The predicted molar refractivity (Wildman–Crippen MR) is 124 cm³/mol. The zero-order chi connectivity index (χ0) is 19.5. The van der Waals surface area contributed by atoms with Crippen molar-refractivity contribution in [3.05, 3.63) is 35.9 Å². The lowest BCUT2D eigenvalue weighted by atomic mass is 10.2. The van der Waals surface area contributed by atoms with Crippen molar-refractivity contribution in [1.82, 2.24) is 15.5 Å². The van der Waals surface area contributed by atoms with E-state index < -0.39 is 9.84 Å². The second-order valence-electron chi connectivity index (χ2n) is 6.64. The third-order valence-corrected chi connectivity index (χ3v) is 6.01. The molecule has 28 heavy (non-hydrogen) atoms. The largest absolute Gasteiger partial charge is 0.357 e. The van der Waals surface area contributed by atoms with Crippen LogP contribution in [0, 0.1) is 0 Å². The number of amides is 1. The Morgan fingerprint density at radius 3 is 2.46 bits per heavy atom. The van der Waals surface area contributed by atoms with E-state index in [0.717, 1.165) is 31.5 Å². The number of hydrogen-bond acceptors (Lipinski definition) is 4. The highest BCUT2D eigenvalue weighted by Crippen LogP contribution is 2.08. The molecule has 0 atom stereocenters. The highest BCUT2D eigenvalue weighted by molar-refractivity contribution is 14.0. The summed E-state index contributed by atoms with van der Waals surface area (Å²) in [6, 6.07) is 9.20. The Morgan fingerprint density at radius 1 is 1.14 bits per heavy atom. The molecule has 0 bridgehead atoms. The zero-order valence-corrected chi connectivity index (χ0v) is 19.5. The summed E-state index contributed by atoms with van der Waals surface area (Å²) in [6.45, 7) is 4.86. The van der Waals surface area contributed by atoms with Crippen molar-refractivity contribution in [2.45, 2.75) is 31.9 Å². The van der Waals surface area contributed by atoms with Gasteiger partial charge in [-0.15, -0.1) is 24.0 Å². The normalized spacial score (nSPS) is 14.5. The molecule has 0 radical (unpaired) electrons. The van der Waals surface area contributed by atoms with Gasteiger partial charge in [0.15, 0.2) is 15.8 Å². The number of sulfone groups is 1.